The minimum atomic E-state index is 0.472. The lowest BCUT2D eigenvalue weighted by Crippen LogP contribution is -2.18. The average Bonchev–Trinajstić information content (AvgIpc) is 2.79. The van der Waals surface area contributed by atoms with Gasteiger partial charge in [0.1, 0.15) is 0 Å². The largest absolute Gasteiger partial charge is 0.320 e. The molecule has 0 fully saturated rings. The number of thiophene rings is 1. The minimum absolute atomic E-state index is 0.472. The second-order valence-electron chi connectivity index (χ2n) is 4.27. The first-order chi connectivity index (χ1) is 8.36. The zero-order chi connectivity index (χ0) is 12.1. The van der Waals surface area contributed by atoms with Gasteiger partial charge in [-0.1, -0.05) is 18.2 Å². The fourth-order valence-corrected chi connectivity index (χ4v) is 3.22. The van der Waals surface area contributed by atoms with Gasteiger partial charge in [-0.15, -0.1) is 11.3 Å². The summed E-state index contributed by atoms with van der Waals surface area (Å²) in [5.74, 6) is 0. The summed E-state index contributed by atoms with van der Waals surface area (Å²) < 4.78 is 1.39. The Morgan fingerprint density at radius 3 is 2.82 bits per heavy atom. The summed E-state index contributed by atoms with van der Waals surface area (Å²) in [6.07, 6.45) is 2.38. The normalized spacial score (nSPS) is 13.1. The molecular formula is C14H20N2S. The zero-order valence-electron chi connectivity index (χ0n) is 10.5. The first-order valence-corrected chi connectivity index (χ1v) is 7.02. The molecule has 0 saturated heterocycles. The Morgan fingerprint density at radius 2 is 2.06 bits per heavy atom. The highest BCUT2D eigenvalue weighted by Crippen LogP contribution is 2.31. The van der Waals surface area contributed by atoms with Gasteiger partial charge in [0.2, 0.25) is 0 Å². The second-order valence-corrected chi connectivity index (χ2v) is 5.19. The molecule has 0 aliphatic rings. The van der Waals surface area contributed by atoms with Gasteiger partial charge in [0, 0.05) is 10.7 Å². The third-order valence-electron chi connectivity index (χ3n) is 3.15. The SMILES string of the molecule is CNCCCC(NC)c1csc2ccccc12. The molecule has 1 unspecified atom stereocenters. The Balaban J connectivity index is 2.18. The molecule has 0 saturated carbocycles. The van der Waals surface area contributed by atoms with E-state index in [0.29, 0.717) is 6.04 Å². The predicted octanol–water partition coefficient (Wildman–Crippen LogP) is 3.16. The van der Waals surface area contributed by atoms with E-state index in [1.807, 2.05) is 18.4 Å². The fraction of sp³-hybridized carbons (Fsp3) is 0.429. The summed E-state index contributed by atoms with van der Waals surface area (Å²) in [5, 5.41) is 10.3. The highest BCUT2D eigenvalue weighted by molar-refractivity contribution is 7.17. The van der Waals surface area contributed by atoms with Gasteiger partial charge in [0.05, 0.1) is 0 Å². The Morgan fingerprint density at radius 1 is 1.24 bits per heavy atom. The quantitative estimate of drug-likeness (QED) is 0.767. The van der Waals surface area contributed by atoms with Gasteiger partial charge in [0.15, 0.2) is 0 Å². The average molecular weight is 248 g/mol. The van der Waals surface area contributed by atoms with Crippen LogP contribution in [0.1, 0.15) is 24.4 Å². The molecule has 3 heteroatoms. The fourth-order valence-electron chi connectivity index (χ4n) is 2.21. The lowest BCUT2D eigenvalue weighted by Gasteiger charge is -2.15. The molecule has 1 atom stereocenters. The maximum atomic E-state index is 3.43. The Bertz CT molecular complexity index is 464. The Labute approximate surface area is 107 Å². The summed E-state index contributed by atoms with van der Waals surface area (Å²) in [6, 6.07) is 9.13. The van der Waals surface area contributed by atoms with Crippen LogP contribution >= 0.6 is 11.3 Å². The van der Waals surface area contributed by atoms with E-state index in [-0.39, 0.29) is 0 Å². The van der Waals surface area contributed by atoms with Crippen molar-refractivity contribution in [3.05, 3.63) is 35.2 Å². The second kappa shape index (κ2) is 6.15. The number of hydrogen-bond acceptors (Lipinski definition) is 3. The lowest BCUT2D eigenvalue weighted by molar-refractivity contribution is 0.522. The van der Waals surface area contributed by atoms with Crippen LogP contribution in [0.15, 0.2) is 29.6 Å². The molecule has 92 valence electrons. The molecular weight excluding hydrogens is 228 g/mol. The molecule has 0 aliphatic heterocycles. The van der Waals surface area contributed by atoms with Crippen LogP contribution in [0, 0.1) is 0 Å². The van der Waals surface area contributed by atoms with Gasteiger partial charge in [-0.2, -0.15) is 0 Å². The molecule has 0 aliphatic carbocycles. The van der Waals surface area contributed by atoms with Gasteiger partial charge in [0.25, 0.3) is 0 Å². The molecule has 1 aromatic carbocycles. The molecule has 0 spiro atoms. The number of hydrogen-bond donors (Lipinski definition) is 2. The lowest BCUT2D eigenvalue weighted by atomic mass is 10.0. The standard InChI is InChI=1S/C14H20N2S/c1-15-9-5-7-13(16-2)12-10-17-14-8-4-3-6-11(12)14/h3-4,6,8,10,13,15-16H,5,7,9H2,1-2H3. The number of nitrogens with one attached hydrogen (secondary N) is 2. The van der Waals surface area contributed by atoms with E-state index in [4.69, 9.17) is 0 Å². The molecule has 1 aromatic heterocycles. The summed E-state index contributed by atoms with van der Waals surface area (Å²) in [5.41, 5.74) is 1.45. The van der Waals surface area contributed by atoms with E-state index in [1.54, 1.807) is 0 Å². The summed E-state index contributed by atoms with van der Waals surface area (Å²) in [7, 11) is 4.06. The molecule has 2 rings (SSSR count). The van der Waals surface area contributed by atoms with E-state index in [2.05, 4.69) is 47.3 Å². The highest BCUT2D eigenvalue weighted by atomic mass is 32.1. The first kappa shape index (κ1) is 12.6. The third kappa shape index (κ3) is 2.86. The Kier molecular flexibility index (Phi) is 4.54. The smallest absolute Gasteiger partial charge is 0.0346 e. The molecule has 2 nitrogen and oxygen atoms in total. The van der Waals surface area contributed by atoms with Crippen molar-refractivity contribution in [1.29, 1.82) is 0 Å². The predicted molar refractivity (Wildman–Crippen MR) is 76.8 cm³/mol. The van der Waals surface area contributed by atoms with Crippen LogP contribution in [0.25, 0.3) is 10.1 Å². The molecule has 1 heterocycles. The summed E-state index contributed by atoms with van der Waals surface area (Å²) >= 11 is 1.84. The first-order valence-electron chi connectivity index (χ1n) is 6.15. The molecule has 17 heavy (non-hydrogen) atoms. The van der Waals surface area contributed by atoms with Crippen LogP contribution in [0.5, 0.6) is 0 Å². The van der Waals surface area contributed by atoms with Crippen molar-refractivity contribution in [2.45, 2.75) is 18.9 Å². The van der Waals surface area contributed by atoms with Crippen LogP contribution < -0.4 is 10.6 Å². The summed E-state index contributed by atoms with van der Waals surface area (Å²) in [4.78, 5) is 0. The van der Waals surface area contributed by atoms with Gasteiger partial charge in [-0.05, 0) is 55.9 Å². The summed E-state index contributed by atoms with van der Waals surface area (Å²) in [6.45, 7) is 1.08. The van der Waals surface area contributed by atoms with Crippen LogP contribution in [0.2, 0.25) is 0 Å². The van der Waals surface area contributed by atoms with Crippen LogP contribution in [-0.4, -0.2) is 20.6 Å². The van der Waals surface area contributed by atoms with E-state index in [1.165, 1.54) is 28.5 Å². The monoisotopic (exact) mass is 248 g/mol. The van der Waals surface area contributed by atoms with Crippen molar-refractivity contribution in [2.24, 2.45) is 0 Å². The number of benzene rings is 1. The van der Waals surface area contributed by atoms with E-state index in [9.17, 15) is 0 Å². The maximum absolute atomic E-state index is 3.43. The van der Waals surface area contributed by atoms with Crippen molar-refractivity contribution < 1.29 is 0 Å². The van der Waals surface area contributed by atoms with Gasteiger partial charge >= 0.3 is 0 Å². The molecule has 0 radical (unpaired) electrons. The van der Waals surface area contributed by atoms with E-state index in [0.717, 1.165) is 6.54 Å². The van der Waals surface area contributed by atoms with Gasteiger partial charge in [-0.3, -0.25) is 0 Å². The molecule has 2 N–H and O–H groups in total. The van der Waals surface area contributed by atoms with Gasteiger partial charge < -0.3 is 10.6 Å². The number of rotatable bonds is 6. The van der Waals surface area contributed by atoms with E-state index >= 15 is 0 Å². The highest BCUT2D eigenvalue weighted by Gasteiger charge is 2.13. The molecule has 2 aromatic rings. The van der Waals surface area contributed by atoms with Crippen LogP contribution in [0.3, 0.4) is 0 Å². The van der Waals surface area contributed by atoms with Crippen molar-refractivity contribution in [1.82, 2.24) is 10.6 Å². The van der Waals surface area contributed by atoms with Crippen LogP contribution in [-0.2, 0) is 0 Å². The van der Waals surface area contributed by atoms with E-state index < -0.39 is 0 Å². The third-order valence-corrected chi connectivity index (χ3v) is 4.14. The topological polar surface area (TPSA) is 24.1 Å². The maximum Gasteiger partial charge on any atom is 0.0346 e. The van der Waals surface area contributed by atoms with Crippen LogP contribution in [0.4, 0.5) is 0 Å². The van der Waals surface area contributed by atoms with Crippen molar-refractivity contribution in [3.8, 4) is 0 Å². The molecule has 0 amide bonds. The van der Waals surface area contributed by atoms with Crippen molar-refractivity contribution in [3.63, 3.8) is 0 Å². The molecule has 0 bridgehead atoms. The Hall–Kier alpha value is -0.900. The minimum Gasteiger partial charge on any atom is -0.320 e. The van der Waals surface area contributed by atoms with Crippen molar-refractivity contribution in [2.75, 3.05) is 20.6 Å². The zero-order valence-corrected chi connectivity index (χ0v) is 11.3. The van der Waals surface area contributed by atoms with Gasteiger partial charge in [-0.25, -0.2) is 0 Å². The van der Waals surface area contributed by atoms with Crippen molar-refractivity contribution >= 4 is 21.4 Å². The number of fused-ring (bicyclic) bond motifs is 1.